The Kier molecular flexibility index (Phi) is 6.08. The summed E-state index contributed by atoms with van der Waals surface area (Å²) in [5, 5.41) is 1.19. The zero-order chi connectivity index (χ0) is 18.8. The lowest BCUT2D eigenvalue weighted by atomic mass is 9.68. The van der Waals surface area contributed by atoms with Crippen LogP contribution in [0.1, 0.15) is 54.4 Å². The summed E-state index contributed by atoms with van der Waals surface area (Å²) >= 11 is 12.2. The van der Waals surface area contributed by atoms with E-state index in [1.54, 1.807) is 7.11 Å². The van der Waals surface area contributed by atoms with Gasteiger partial charge in [-0.3, -0.25) is 4.90 Å². The molecule has 1 aliphatic carbocycles. The molecule has 1 heterocycles. The molecule has 2 fully saturated rings. The lowest BCUT2D eigenvalue weighted by Crippen LogP contribution is -2.28. The Balaban J connectivity index is 1.35. The van der Waals surface area contributed by atoms with Gasteiger partial charge in [0.2, 0.25) is 0 Å². The Hall–Kier alpha value is -1.06. The third kappa shape index (κ3) is 4.35. The first-order valence-electron chi connectivity index (χ1n) is 9.93. The monoisotopic (exact) mass is 403 g/mol. The van der Waals surface area contributed by atoms with Gasteiger partial charge < -0.3 is 4.74 Å². The molecule has 0 spiro atoms. The van der Waals surface area contributed by atoms with Crippen LogP contribution in [0.3, 0.4) is 0 Å². The quantitative estimate of drug-likeness (QED) is 0.547. The fraction of sp³-hybridized carbons (Fsp3) is 0.478. The van der Waals surface area contributed by atoms with Crippen molar-refractivity contribution in [2.24, 2.45) is 5.92 Å². The van der Waals surface area contributed by atoms with Gasteiger partial charge in [0, 0.05) is 13.7 Å². The van der Waals surface area contributed by atoms with Gasteiger partial charge in [-0.1, -0.05) is 53.5 Å². The van der Waals surface area contributed by atoms with Crippen molar-refractivity contribution in [2.75, 3.05) is 20.2 Å². The van der Waals surface area contributed by atoms with Crippen molar-refractivity contribution in [1.82, 2.24) is 4.90 Å². The molecule has 1 unspecified atom stereocenters. The molecule has 4 rings (SSSR count). The van der Waals surface area contributed by atoms with Gasteiger partial charge >= 0.3 is 0 Å². The lowest BCUT2D eigenvalue weighted by Gasteiger charge is -2.40. The van der Waals surface area contributed by atoms with Crippen LogP contribution >= 0.6 is 23.2 Å². The summed E-state index contributed by atoms with van der Waals surface area (Å²) in [4.78, 5) is 2.55. The Morgan fingerprint density at radius 1 is 1.00 bits per heavy atom. The summed E-state index contributed by atoms with van der Waals surface area (Å²) in [7, 11) is 1.79. The molecule has 2 aromatic carbocycles. The van der Waals surface area contributed by atoms with Crippen LogP contribution in [-0.4, -0.2) is 25.1 Å². The number of methoxy groups -OCH3 is 1. The molecule has 2 aromatic rings. The minimum Gasteiger partial charge on any atom is -0.376 e. The van der Waals surface area contributed by atoms with Crippen molar-refractivity contribution in [1.29, 1.82) is 0 Å². The smallest absolute Gasteiger partial charge is 0.0850 e. The predicted octanol–water partition coefficient (Wildman–Crippen LogP) is 6.47. The van der Waals surface area contributed by atoms with Crippen LogP contribution in [0, 0.1) is 5.92 Å². The second kappa shape index (κ2) is 8.53. The van der Waals surface area contributed by atoms with Crippen molar-refractivity contribution in [3.05, 3.63) is 69.2 Å². The van der Waals surface area contributed by atoms with Crippen LogP contribution < -0.4 is 0 Å². The maximum Gasteiger partial charge on any atom is 0.0850 e. The highest BCUT2D eigenvalue weighted by atomic mass is 35.5. The number of benzene rings is 2. The van der Waals surface area contributed by atoms with Crippen LogP contribution in [0.2, 0.25) is 10.0 Å². The van der Waals surface area contributed by atoms with E-state index in [2.05, 4.69) is 29.2 Å². The number of nitrogens with zero attached hydrogens (tertiary/aromatic N) is 1. The van der Waals surface area contributed by atoms with E-state index < -0.39 is 0 Å². The summed E-state index contributed by atoms with van der Waals surface area (Å²) in [5.41, 5.74) is 4.01. The van der Waals surface area contributed by atoms with Gasteiger partial charge in [-0.2, -0.15) is 0 Å². The predicted molar refractivity (Wildman–Crippen MR) is 113 cm³/mol. The average molecular weight is 404 g/mol. The fourth-order valence-corrected chi connectivity index (χ4v) is 4.87. The molecule has 0 bridgehead atoms. The molecule has 1 atom stereocenters. The Labute approximate surface area is 172 Å². The van der Waals surface area contributed by atoms with Crippen LogP contribution in [-0.2, 0) is 11.3 Å². The summed E-state index contributed by atoms with van der Waals surface area (Å²) in [6.45, 7) is 3.59. The van der Waals surface area contributed by atoms with E-state index in [0.717, 1.165) is 24.9 Å². The Morgan fingerprint density at radius 3 is 2.33 bits per heavy atom. The van der Waals surface area contributed by atoms with Crippen LogP contribution in [0.4, 0.5) is 0 Å². The average Bonchev–Trinajstić information content (AvgIpc) is 3.14. The van der Waals surface area contributed by atoms with E-state index in [1.807, 2.05) is 18.2 Å². The minimum atomic E-state index is 0.0884. The Morgan fingerprint density at radius 2 is 1.70 bits per heavy atom. The van der Waals surface area contributed by atoms with Gasteiger partial charge in [0.15, 0.2) is 0 Å². The molecule has 1 aliphatic heterocycles. The van der Waals surface area contributed by atoms with Crippen molar-refractivity contribution in [3.63, 3.8) is 0 Å². The highest BCUT2D eigenvalue weighted by Crippen LogP contribution is 2.49. The number of rotatable bonds is 6. The molecule has 1 saturated heterocycles. The third-order valence-corrected chi connectivity index (χ3v) is 6.92. The van der Waals surface area contributed by atoms with Gasteiger partial charge in [-0.05, 0) is 79.4 Å². The number of halogens is 2. The first-order chi connectivity index (χ1) is 13.1. The Bertz CT molecular complexity index is 764. The van der Waals surface area contributed by atoms with E-state index in [9.17, 15) is 0 Å². The molecule has 144 valence electrons. The molecule has 27 heavy (non-hydrogen) atoms. The number of hydrogen-bond acceptors (Lipinski definition) is 2. The number of hydrogen-bond donors (Lipinski definition) is 0. The lowest BCUT2D eigenvalue weighted by molar-refractivity contribution is 0.00849. The van der Waals surface area contributed by atoms with Gasteiger partial charge in [-0.25, -0.2) is 0 Å². The van der Waals surface area contributed by atoms with Crippen molar-refractivity contribution in [2.45, 2.75) is 44.2 Å². The number of ether oxygens (including phenoxy) is 1. The van der Waals surface area contributed by atoms with Crippen LogP contribution in [0.25, 0.3) is 0 Å². The second-order valence-corrected chi connectivity index (χ2v) is 8.80. The van der Waals surface area contributed by atoms with Crippen molar-refractivity contribution in [3.8, 4) is 0 Å². The fourth-order valence-electron chi connectivity index (χ4n) is 4.57. The van der Waals surface area contributed by atoms with E-state index in [-0.39, 0.29) is 6.10 Å². The van der Waals surface area contributed by atoms with Gasteiger partial charge in [0.25, 0.3) is 0 Å². The minimum absolute atomic E-state index is 0.0884. The molecular weight excluding hydrogens is 377 g/mol. The summed E-state index contributed by atoms with van der Waals surface area (Å²) in [6.07, 6.45) is 5.10. The van der Waals surface area contributed by atoms with E-state index in [4.69, 9.17) is 27.9 Å². The normalized spacial score (nSPS) is 24.0. The molecule has 0 N–H and O–H groups in total. The zero-order valence-corrected chi connectivity index (χ0v) is 17.3. The van der Waals surface area contributed by atoms with Gasteiger partial charge in [0.05, 0.1) is 16.1 Å². The van der Waals surface area contributed by atoms with Gasteiger partial charge in [0.1, 0.15) is 0 Å². The molecular formula is C23H27Cl2NO. The van der Waals surface area contributed by atoms with E-state index >= 15 is 0 Å². The third-order valence-electron chi connectivity index (χ3n) is 6.18. The first kappa shape index (κ1) is 19.3. The topological polar surface area (TPSA) is 12.5 Å². The molecule has 0 radical (unpaired) electrons. The van der Waals surface area contributed by atoms with Crippen molar-refractivity contribution < 1.29 is 4.74 Å². The molecule has 0 amide bonds. The first-order valence-corrected chi connectivity index (χ1v) is 10.7. The number of likely N-dealkylation sites (tertiary alicyclic amines) is 1. The summed E-state index contributed by atoms with van der Waals surface area (Å²) in [6, 6.07) is 15.1. The SMILES string of the molecule is COC(c1ccc(Cl)c(Cl)c1)C1CC(c2ccc(CN3CCCC3)cc2)C1. The van der Waals surface area contributed by atoms with Crippen LogP contribution in [0.5, 0.6) is 0 Å². The zero-order valence-electron chi connectivity index (χ0n) is 15.8. The maximum absolute atomic E-state index is 6.19. The maximum atomic E-state index is 6.19. The van der Waals surface area contributed by atoms with Crippen molar-refractivity contribution >= 4 is 23.2 Å². The molecule has 2 nitrogen and oxygen atoms in total. The molecule has 0 aromatic heterocycles. The van der Waals surface area contributed by atoms with E-state index in [0.29, 0.717) is 21.9 Å². The second-order valence-electron chi connectivity index (χ2n) is 7.98. The standard InChI is InChI=1S/C23H27Cl2NO/c1-27-23(18-8-9-21(24)22(25)14-18)20-12-19(13-20)17-6-4-16(5-7-17)15-26-10-2-3-11-26/h4-9,14,19-20,23H,2-3,10-13,15H2,1H3. The summed E-state index contributed by atoms with van der Waals surface area (Å²) in [5.74, 6) is 1.16. The molecule has 4 heteroatoms. The molecule has 2 aliphatic rings. The highest BCUT2D eigenvalue weighted by Gasteiger charge is 2.36. The highest BCUT2D eigenvalue weighted by molar-refractivity contribution is 6.42. The van der Waals surface area contributed by atoms with Crippen LogP contribution in [0.15, 0.2) is 42.5 Å². The van der Waals surface area contributed by atoms with E-state index in [1.165, 1.54) is 37.1 Å². The van der Waals surface area contributed by atoms with Gasteiger partial charge in [-0.15, -0.1) is 0 Å². The largest absolute Gasteiger partial charge is 0.376 e. The summed E-state index contributed by atoms with van der Waals surface area (Å²) < 4.78 is 5.81. The molecule has 1 saturated carbocycles.